The molecule has 10 atom stereocenters. The number of rotatable bonds is 4. The van der Waals surface area contributed by atoms with Crippen LogP contribution in [0, 0.1) is 46.3 Å². The molecule has 3 N–H and O–H groups in total. The van der Waals surface area contributed by atoms with Crippen molar-refractivity contribution in [2.45, 2.75) is 97.2 Å². The van der Waals surface area contributed by atoms with Gasteiger partial charge in [0, 0.05) is 6.42 Å². The number of carboxylic acid groups (broad SMARTS) is 1. The largest absolute Gasteiger partial charge is 0.481 e. The second kappa shape index (κ2) is 7.27. The van der Waals surface area contributed by atoms with Crippen LogP contribution in [0.15, 0.2) is 0 Å². The highest BCUT2D eigenvalue weighted by atomic mass is 16.4. The lowest BCUT2D eigenvalue weighted by Crippen LogP contribution is -2.58. The highest BCUT2D eigenvalue weighted by Crippen LogP contribution is 2.68. The Balaban J connectivity index is 1.56. The van der Waals surface area contributed by atoms with E-state index in [4.69, 9.17) is 5.11 Å². The molecule has 4 heteroatoms. The van der Waals surface area contributed by atoms with E-state index in [-0.39, 0.29) is 29.5 Å². The summed E-state index contributed by atoms with van der Waals surface area (Å²) in [4.78, 5) is 11.1. The van der Waals surface area contributed by atoms with Gasteiger partial charge in [0.25, 0.3) is 0 Å². The molecule has 0 aromatic heterocycles. The standard InChI is InChI=1S/C24H40O4/c1-14(4-9-22(27)28)18-7-8-19-17-6-5-15-12-16(25)10-11-23(15,2)20(17)13-21(26)24(18,19)3/h14-21,25-26H,4-13H2,1-3H3,(H,27,28)/t14-,15+,16-,17+,18-,19-,20-,21+,23+,24-/m1/s1. The van der Waals surface area contributed by atoms with Gasteiger partial charge in [0.15, 0.2) is 0 Å². The average Bonchev–Trinajstić information content (AvgIpc) is 3.00. The molecular weight excluding hydrogens is 352 g/mol. The van der Waals surface area contributed by atoms with Crippen molar-refractivity contribution >= 4 is 5.97 Å². The molecule has 0 saturated heterocycles. The van der Waals surface area contributed by atoms with Crippen molar-refractivity contribution in [3.05, 3.63) is 0 Å². The van der Waals surface area contributed by atoms with E-state index in [0.717, 1.165) is 38.5 Å². The summed E-state index contributed by atoms with van der Waals surface area (Å²) in [6.45, 7) is 6.99. The molecule has 0 amide bonds. The maximum absolute atomic E-state index is 11.5. The molecule has 160 valence electrons. The summed E-state index contributed by atoms with van der Waals surface area (Å²) in [6, 6.07) is 0. The quantitative estimate of drug-likeness (QED) is 0.659. The minimum absolute atomic E-state index is 0.0591. The van der Waals surface area contributed by atoms with Gasteiger partial charge in [-0.3, -0.25) is 4.79 Å². The van der Waals surface area contributed by atoms with Crippen LogP contribution in [-0.2, 0) is 4.79 Å². The summed E-state index contributed by atoms with van der Waals surface area (Å²) in [5.74, 6) is 2.55. The third kappa shape index (κ3) is 3.05. The van der Waals surface area contributed by atoms with E-state index in [0.29, 0.717) is 35.5 Å². The molecule has 0 aromatic rings. The Bertz CT molecular complexity index is 605. The zero-order chi connectivity index (χ0) is 20.3. The van der Waals surface area contributed by atoms with Crippen LogP contribution >= 0.6 is 0 Å². The van der Waals surface area contributed by atoms with E-state index in [2.05, 4.69) is 20.8 Å². The molecule has 4 nitrogen and oxygen atoms in total. The third-order valence-electron chi connectivity index (χ3n) is 10.3. The van der Waals surface area contributed by atoms with E-state index < -0.39 is 5.97 Å². The highest BCUT2D eigenvalue weighted by molar-refractivity contribution is 5.66. The molecule has 4 saturated carbocycles. The van der Waals surface area contributed by atoms with Crippen LogP contribution in [0.5, 0.6) is 0 Å². The van der Waals surface area contributed by atoms with E-state index in [1.165, 1.54) is 19.3 Å². The Labute approximate surface area is 170 Å². The summed E-state index contributed by atoms with van der Waals surface area (Å²) < 4.78 is 0. The predicted octanol–water partition coefficient (Wildman–Crippen LogP) is 4.48. The number of hydrogen-bond acceptors (Lipinski definition) is 3. The minimum atomic E-state index is -0.707. The topological polar surface area (TPSA) is 77.8 Å². The average molecular weight is 393 g/mol. The summed E-state index contributed by atoms with van der Waals surface area (Å²) in [5, 5.41) is 30.8. The highest BCUT2D eigenvalue weighted by Gasteiger charge is 2.63. The first kappa shape index (κ1) is 20.7. The van der Waals surface area contributed by atoms with Crippen molar-refractivity contribution in [2.75, 3.05) is 0 Å². The number of aliphatic hydroxyl groups is 2. The molecule has 0 radical (unpaired) electrons. The summed E-state index contributed by atoms with van der Waals surface area (Å²) in [7, 11) is 0. The van der Waals surface area contributed by atoms with Gasteiger partial charge in [-0.1, -0.05) is 20.8 Å². The lowest BCUT2D eigenvalue weighted by molar-refractivity contribution is -0.175. The van der Waals surface area contributed by atoms with Gasteiger partial charge < -0.3 is 15.3 Å². The summed E-state index contributed by atoms with van der Waals surface area (Å²) in [5.41, 5.74) is 0.216. The fourth-order valence-corrected chi connectivity index (χ4v) is 8.71. The van der Waals surface area contributed by atoms with Gasteiger partial charge in [0.1, 0.15) is 0 Å². The van der Waals surface area contributed by atoms with Crippen molar-refractivity contribution in [3.8, 4) is 0 Å². The van der Waals surface area contributed by atoms with Gasteiger partial charge >= 0.3 is 5.97 Å². The SMILES string of the molecule is C[C@H](CCC(=O)O)[C@H]1CC[C@@H]2[C@@H]3CC[C@H]4C[C@H](O)CC[C@]4(C)[C@@H]3C[C@H](O)[C@@]21C. The van der Waals surface area contributed by atoms with E-state index >= 15 is 0 Å². The Kier molecular flexibility index (Phi) is 5.36. The Hall–Kier alpha value is -0.610. The van der Waals surface area contributed by atoms with Crippen LogP contribution in [0.25, 0.3) is 0 Å². The molecule has 4 aliphatic rings. The second-order valence-corrected chi connectivity index (χ2v) is 11.3. The fourth-order valence-electron chi connectivity index (χ4n) is 8.71. The number of hydrogen-bond donors (Lipinski definition) is 3. The molecular formula is C24H40O4. The smallest absolute Gasteiger partial charge is 0.303 e. The normalized spacial score (nSPS) is 51.7. The van der Waals surface area contributed by atoms with Crippen LogP contribution in [0.1, 0.15) is 85.0 Å². The van der Waals surface area contributed by atoms with Crippen molar-refractivity contribution in [1.82, 2.24) is 0 Å². The van der Waals surface area contributed by atoms with Crippen molar-refractivity contribution in [1.29, 1.82) is 0 Å². The predicted molar refractivity (Wildman–Crippen MR) is 109 cm³/mol. The molecule has 4 rings (SSSR count). The Morgan fingerprint density at radius 1 is 1.04 bits per heavy atom. The first-order chi connectivity index (χ1) is 13.2. The monoisotopic (exact) mass is 392 g/mol. The second-order valence-electron chi connectivity index (χ2n) is 11.3. The Morgan fingerprint density at radius 2 is 1.79 bits per heavy atom. The first-order valence-corrected chi connectivity index (χ1v) is 11.8. The van der Waals surface area contributed by atoms with Gasteiger partial charge in [-0.2, -0.15) is 0 Å². The lowest BCUT2D eigenvalue weighted by Gasteiger charge is -2.62. The lowest BCUT2D eigenvalue weighted by atomic mass is 9.43. The molecule has 0 spiro atoms. The number of carbonyl (C=O) groups is 1. The number of carboxylic acids is 1. The van der Waals surface area contributed by atoms with Crippen LogP contribution in [0.2, 0.25) is 0 Å². The number of fused-ring (bicyclic) bond motifs is 5. The minimum Gasteiger partial charge on any atom is -0.481 e. The number of aliphatic carboxylic acids is 1. The summed E-state index contributed by atoms with van der Waals surface area (Å²) >= 11 is 0. The van der Waals surface area contributed by atoms with Crippen molar-refractivity contribution in [3.63, 3.8) is 0 Å². The molecule has 0 unspecified atom stereocenters. The van der Waals surface area contributed by atoms with Gasteiger partial charge in [-0.25, -0.2) is 0 Å². The van der Waals surface area contributed by atoms with Crippen LogP contribution < -0.4 is 0 Å². The first-order valence-electron chi connectivity index (χ1n) is 11.8. The molecule has 0 aromatic carbocycles. The number of aliphatic hydroxyl groups excluding tert-OH is 2. The van der Waals surface area contributed by atoms with Crippen LogP contribution in [0.3, 0.4) is 0 Å². The molecule has 0 aliphatic heterocycles. The van der Waals surface area contributed by atoms with Gasteiger partial charge in [-0.15, -0.1) is 0 Å². The van der Waals surface area contributed by atoms with Crippen molar-refractivity contribution < 1.29 is 20.1 Å². The van der Waals surface area contributed by atoms with Crippen molar-refractivity contribution in [2.24, 2.45) is 46.3 Å². The van der Waals surface area contributed by atoms with E-state index in [1.54, 1.807) is 0 Å². The van der Waals surface area contributed by atoms with Gasteiger partial charge in [-0.05, 0) is 104 Å². The van der Waals surface area contributed by atoms with Crippen LogP contribution in [0.4, 0.5) is 0 Å². The summed E-state index contributed by atoms with van der Waals surface area (Å²) in [6.07, 6.45) is 9.26. The van der Waals surface area contributed by atoms with Gasteiger partial charge in [0.2, 0.25) is 0 Å². The third-order valence-corrected chi connectivity index (χ3v) is 10.3. The maximum Gasteiger partial charge on any atom is 0.303 e. The van der Waals surface area contributed by atoms with E-state index in [9.17, 15) is 15.0 Å². The molecule has 4 fully saturated rings. The molecule has 4 aliphatic carbocycles. The molecule has 28 heavy (non-hydrogen) atoms. The zero-order valence-corrected chi connectivity index (χ0v) is 17.9. The van der Waals surface area contributed by atoms with Crippen LogP contribution in [-0.4, -0.2) is 33.5 Å². The molecule has 0 heterocycles. The maximum atomic E-state index is 11.5. The zero-order valence-electron chi connectivity index (χ0n) is 17.9. The van der Waals surface area contributed by atoms with E-state index in [1.807, 2.05) is 0 Å². The Morgan fingerprint density at radius 3 is 2.50 bits per heavy atom. The molecule has 0 bridgehead atoms. The van der Waals surface area contributed by atoms with Gasteiger partial charge in [0.05, 0.1) is 12.2 Å². The fraction of sp³-hybridized carbons (Fsp3) is 0.958.